The molecule has 1 atom stereocenters. The first kappa shape index (κ1) is 19.2. The molecule has 1 unspecified atom stereocenters. The Labute approximate surface area is 147 Å². The summed E-state index contributed by atoms with van der Waals surface area (Å²) in [6.07, 6.45) is 0.378. The predicted octanol–water partition coefficient (Wildman–Crippen LogP) is 0.654. The van der Waals surface area contributed by atoms with E-state index in [9.17, 15) is 21.6 Å². The Kier molecular flexibility index (Phi) is 5.90. The summed E-state index contributed by atoms with van der Waals surface area (Å²) in [5, 5.41) is 0.305. The Hall–Kier alpha value is -1.16. The van der Waals surface area contributed by atoms with Gasteiger partial charge in [-0.3, -0.25) is 4.79 Å². The van der Waals surface area contributed by atoms with E-state index < -0.39 is 25.9 Å². The number of carbonyl (C=O) groups is 1. The molecule has 1 aliphatic rings. The van der Waals surface area contributed by atoms with Crippen molar-refractivity contribution in [2.24, 2.45) is 0 Å². The van der Waals surface area contributed by atoms with Gasteiger partial charge in [0.05, 0.1) is 16.4 Å². The molecule has 2 rings (SSSR count). The zero-order valence-electron chi connectivity index (χ0n) is 13.1. The maximum Gasteiger partial charge on any atom is 0.240 e. The van der Waals surface area contributed by atoms with E-state index in [1.54, 1.807) is 6.07 Å². The molecule has 10 heteroatoms. The van der Waals surface area contributed by atoms with Crippen LogP contribution in [0.3, 0.4) is 0 Å². The summed E-state index contributed by atoms with van der Waals surface area (Å²) < 4.78 is 49.9. The van der Waals surface area contributed by atoms with E-state index in [4.69, 9.17) is 11.6 Å². The molecule has 1 saturated heterocycles. The van der Waals surface area contributed by atoms with Gasteiger partial charge in [0, 0.05) is 31.1 Å². The third-order valence-electron chi connectivity index (χ3n) is 3.80. The van der Waals surface area contributed by atoms with Gasteiger partial charge in [0.25, 0.3) is 0 Å². The van der Waals surface area contributed by atoms with Gasteiger partial charge in [0.15, 0.2) is 9.84 Å². The van der Waals surface area contributed by atoms with Gasteiger partial charge >= 0.3 is 0 Å². The molecular formula is C14H19ClN2O5S2. The second-order valence-electron chi connectivity index (χ2n) is 5.62. The Morgan fingerprint density at radius 1 is 1.42 bits per heavy atom. The van der Waals surface area contributed by atoms with Crippen LogP contribution in [0.5, 0.6) is 0 Å². The lowest BCUT2D eigenvalue weighted by Gasteiger charge is -2.27. The van der Waals surface area contributed by atoms with Crippen molar-refractivity contribution in [3.05, 3.63) is 29.3 Å². The van der Waals surface area contributed by atoms with E-state index in [0.29, 0.717) is 11.4 Å². The number of rotatable bonds is 6. The number of amides is 1. The van der Waals surface area contributed by atoms with E-state index in [1.165, 1.54) is 30.0 Å². The van der Waals surface area contributed by atoms with Crippen LogP contribution in [0.4, 0.5) is 0 Å². The fourth-order valence-corrected chi connectivity index (χ4v) is 5.69. The van der Waals surface area contributed by atoms with E-state index >= 15 is 0 Å². The molecule has 1 aromatic rings. The van der Waals surface area contributed by atoms with E-state index in [-0.39, 0.29) is 35.4 Å². The van der Waals surface area contributed by atoms with Gasteiger partial charge in [-0.25, -0.2) is 21.6 Å². The average Bonchev–Trinajstić information content (AvgIpc) is 2.83. The Morgan fingerprint density at radius 2 is 2.12 bits per heavy atom. The van der Waals surface area contributed by atoms with E-state index in [1.807, 2.05) is 0 Å². The minimum absolute atomic E-state index is 0.00895. The second kappa shape index (κ2) is 7.38. The van der Waals surface area contributed by atoms with E-state index in [0.717, 1.165) is 0 Å². The molecule has 24 heavy (non-hydrogen) atoms. The van der Waals surface area contributed by atoms with Crippen LogP contribution in [0, 0.1) is 0 Å². The Bertz CT molecular complexity index is 823. The summed E-state index contributed by atoms with van der Waals surface area (Å²) in [6, 6.07) is 5.44. The number of sulfone groups is 1. The molecular weight excluding hydrogens is 376 g/mol. The zero-order valence-corrected chi connectivity index (χ0v) is 15.5. The summed E-state index contributed by atoms with van der Waals surface area (Å²) >= 11 is 5.79. The van der Waals surface area contributed by atoms with Crippen LogP contribution < -0.4 is 4.72 Å². The third-order valence-corrected chi connectivity index (χ3v) is 7.25. The Balaban J connectivity index is 1.99. The standard InChI is InChI=1S/C14H19ClN2O5S2/c1-11(18)17(13-5-8-23(19,20)10-13)7-6-16-24(21,22)14-4-2-3-12(15)9-14/h2-4,9,13,16H,5-8,10H2,1H3. The van der Waals surface area contributed by atoms with Crippen molar-refractivity contribution in [2.45, 2.75) is 24.3 Å². The zero-order chi connectivity index (χ0) is 18.0. The fraction of sp³-hybridized carbons (Fsp3) is 0.500. The number of halogens is 1. The van der Waals surface area contributed by atoms with Gasteiger partial charge in [-0.15, -0.1) is 0 Å². The molecule has 0 radical (unpaired) electrons. The summed E-state index contributed by atoms with van der Waals surface area (Å²) in [6.45, 7) is 1.44. The van der Waals surface area contributed by atoms with E-state index in [2.05, 4.69) is 4.72 Å². The largest absolute Gasteiger partial charge is 0.338 e. The van der Waals surface area contributed by atoms with Crippen LogP contribution in [-0.2, 0) is 24.7 Å². The van der Waals surface area contributed by atoms with Crippen LogP contribution in [-0.4, -0.2) is 58.3 Å². The second-order valence-corrected chi connectivity index (χ2v) is 10.1. The van der Waals surface area contributed by atoms with Crippen molar-refractivity contribution in [1.29, 1.82) is 0 Å². The highest BCUT2D eigenvalue weighted by Crippen LogP contribution is 2.18. The lowest BCUT2D eigenvalue weighted by molar-refractivity contribution is -0.130. The van der Waals surface area contributed by atoms with Crippen LogP contribution in [0.2, 0.25) is 5.02 Å². The molecule has 1 amide bonds. The van der Waals surface area contributed by atoms with Crippen molar-refractivity contribution >= 4 is 37.4 Å². The highest BCUT2D eigenvalue weighted by molar-refractivity contribution is 7.91. The van der Waals surface area contributed by atoms with Crippen LogP contribution >= 0.6 is 11.6 Å². The molecule has 1 aromatic carbocycles. The van der Waals surface area contributed by atoms with Gasteiger partial charge in [-0.2, -0.15) is 0 Å². The molecule has 7 nitrogen and oxygen atoms in total. The quantitative estimate of drug-likeness (QED) is 0.763. The first-order chi connectivity index (χ1) is 11.1. The normalized spacial score (nSPS) is 20.0. The minimum Gasteiger partial charge on any atom is -0.338 e. The molecule has 1 fully saturated rings. The maximum absolute atomic E-state index is 12.2. The van der Waals surface area contributed by atoms with Gasteiger partial charge in [0.2, 0.25) is 15.9 Å². The molecule has 0 spiro atoms. The lowest BCUT2D eigenvalue weighted by Crippen LogP contribution is -2.44. The SMILES string of the molecule is CC(=O)N(CCNS(=O)(=O)c1cccc(Cl)c1)C1CCS(=O)(=O)C1. The summed E-state index contributed by atoms with van der Waals surface area (Å²) in [5.41, 5.74) is 0. The third kappa shape index (κ3) is 4.92. The predicted molar refractivity (Wildman–Crippen MR) is 91.1 cm³/mol. The molecule has 0 aromatic heterocycles. The van der Waals surface area contributed by atoms with Gasteiger partial charge in [0.1, 0.15) is 0 Å². The van der Waals surface area contributed by atoms with Crippen molar-refractivity contribution in [1.82, 2.24) is 9.62 Å². The van der Waals surface area contributed by atoms with Crippen LogP contribution in [0.15, 0.2) is 29.2 Å². The molecule has 1 heterocycles. The molecule has 134 valence electrons. The molecule has 0 aliphatic carbocycles. The average molecular weight is 395 g/mol. The monoisotopic (exact) mass is 394 g/mol. The fourth-order valence-electron chi connectivity index (χ4n) is 2.64. The number of nitrogens with one attached hydrogen (secondary N) is 1. The van der Waals surface area contributed by atoms with Gasteiger partial charge in [-0.1, -0.05) is 17.7 Å². The first-order valence-electron chi connectivity index (χ1n) is 7.33. The maximum atomic E-state index is 12.2. The van der Waals surface area contributed by atoms with Crippen LogP contribution in [0.25, 0.3) is 0 Å². The lowest BCUT2D eigenvalue weighted by atomic mass is 10.2. The number of hydrogen-bond donors (Lipinski definition) is 1. The molecule has 1 aliphatic heterocycles. The summed E-state index contributed by atoms with van der Waals surface area (Å²) in [4.78, 5) is 13.2. The first-order valence-corrected chi connectivity index (χ1v) is 11.0. The highest BCUT2D eigenvalue weighted by Gasteiger charge is 2.33. The van der Waals surface area contributed by atoms with Crippen molar-refractivity contribution in [3.63, 3.8) is 0 Å². The van der Waals surface area contributed by atoms with Gasteiger partial charge in [-0.05, 0) is 24.6 Å². The van der Waals surface area contributed by atoms with Crippen LogP contribution in [0.1, 0.15) is 13.3 Å². The number of nitrogens with zero attached hydrogens (tertiary/aromatic N) is 1. The van der Waals surface area contributed by atoms with Gasteiger partial charge < -0.3 is 4.90 Å². The molecule has 1 N–H and O–H groups in total. The van der Waals surface area contributed by atoms with Crippen molar-refractivity contribution in [2.75, 3.05) is 24.6 Å². The number of hydrogen-bond acceptors (Lipinski definition) is 5. The Morgan fingerprint density at radius 3 is 2.67 bits per heavy atom. The topological polar surface area (TPSA) is 101 Å². The number of carbonyl (C=O) groups excluding carboxylic acids is 1. The van der Waals surface area contributed by atoms with Crippen molar-refractivity contribution in [3.8, 4) is 0 Å². The number of sulfonamides is 1. The molecule has 0 saturated carbocycles. The number of benzene rings is 1. The summed E-state index contributed by atoms with van der Waals surface area (Å²) in [5.74, 6) is -0.303. The summed E-state index contributed by atoms with van der Waals surface area (Å²) in [7, 11) is -6.86. The van der Waals surface area contributed by atoms with Crippen molar-refractivity contribution < 1.29 is 21.6 Å². The molecule has 0 bridgehead atoms. The smallest absolute Gasteiger partial charge is 0.240 e. The minimum atomic E-state index is -3.74. The highest BCUT2D eigenvalue weighted by atomic mass is 35.5.